The molecule has 0 aromatic heterocycles. The van der Waals surface area contributed by atoms with E-state index in [0.717, 1.165) is 82.6 Å². The fourth-order valence-corrected chi connectivity index (χ4v) is 2.90. The van der Waals surface area contributed by atoms with Gasteiger partial charge in [0.2, 0.25) is 0 Å². The second kappa shape index (κ2) is 12.9. The van der Waals surface area contributed by atoms with Crippen molar-refractivity contribution in [2.45, 2.75) is 51.9 Å². The average molecular weight is 332 g/mol. The molecular weight excluding hydrogens is 300 g/mol. The Balaban J connectivity index is 2.54. The van der Waals surface area contributed by atoms with E-state index in [4.69, 9.17) is 9.47 Å². The highest BCUT2D eigenvalue weighted by atomic mass is 16.5. The average Bonchev–Trinajstić information content (AvgIpc) is 2.60. The molecule has 1 aliphatic rings. The first-order chi connectivity index (χ1) is 11.7. The first kappa shape index (κ1) is 20.6. The van der Waals surface area contributed by atoms with Crippen molar-refractivity contribution < 1.29 is 9.47 Å². The monoisotopic (exact) mass is 332 g/mol. The summed E-state index contributed by atoms with van der Waals surface area (Å²) in [5.74, 6) is -0.165. The number of ether oxygens (including phenoxy) is 2. The highest BCUT2D eigenvalue weighted by molar-refractivity contribution is 5.96. The lowest BCUT2D eigenvalue weighted by molar-refractivity contribution is 0.143. The van der Waals surface area contributed by atoms with E-state index in [1.807, 2.05) is 6.92 Å². The van der Waals surface area contributed by atoms with Crippen molar-refractivity contribution in [1.82, 2.24) is 0 Å². The zero-order chi connectivity index (χ0) is 17.6. The smallest absolute Gasteiger partial charge is 0.0883 e. The van der Waals surface area contributed by atoms with E-state index >= 15 is 0 Å². The molecule has 0 aromatic rings. The molecule has 0 saturated heterocycles. The maximum Gasteiger partial charge on any atom is 0.0883 e. The third kappa shape index (κ3) is 7.90. The van der Waals surface area contributed by atoms with Crippen molar-refractivity contribution in [2.75, 3.05) is 33.5 Å². The van der Waals surface area contributed by atoms with Crippen LogP contribution in [-0.2, 0) is 9.47 Å². The van der Waals surface area contributed by atoms with Gasteiger partial charge >= 0.3 is 0 Å². The van der Waals surface area contributed by atoms with Crippen LogP contribution in [0.5, 0.6) is 0 Å². The molecule has 134 valence electrons. The number of rotatable bonds is 12. The minimum Gasteiger partial charge on any atom is -0.385 e. The minimum atomic E-state index is -0.165. The number of nitriles is 1. The van der Waals surface area contributed by atoms with Crippen molar-refractivity contribution in [3.8, 4) is 6.07 Å². The predicted octanol–water partition coefficient (Wildman–Crippen LogP) is 4.48. The lowest BCUT2D eigenvalue weighted by Gasteiger charge is -2.20. The van der Waals surface area contributed by atoms with Crippen LogP contribution in [0.1, 0.15) is 51.9 Å². The fourth-order valence-electron chi connectivity index (χ4n) is 2.90. The molecule has 0 aromatic carbocycles. The van der Waals surface area contributed by atoms with Gasteiger partial charge in [-0.3, -0.25) is 4.99 Å². The van der Waals surface area contributed by atoms with Gasteiger partial charge in [-0.1, -0.05) is 12.2 Å². The maximum atomic E-state index is 9.59. The first-order valence-corrected chi connectivity index (χ1v) is 9.10. The van der Waals surface area contributed by atoms with Gasteiger partial charge in [0.05, 0.1) is 12.0 Å². The Hall–Kier alpha value is -1.44. The topological polar surface area (TPSA) is 54.6 Å². The summed E-state index contributed by atoms with van der Waals surface area (Å²) in [7, 11) is 1.71. The summed E-state index contributed by atoms with van der Waals surface area (Å²) in [5, 5.41) is 9.59. The summed E-state index contributed by atoms with van der Waals surface area (Å²) in [5.41, 5.74) is 3.33. The summed E-state index contributed by atoms with van der Waals surface area (Å²) < 4.78 is 10.4. The van der Waals surface area contributed by atoms with Gasteiger partial charge < -0.3 is 9.47 Å². The third-order valence-corrected chi connectivity index (χ3v) is 4.22. The van der Waals surface area contributed by atoms with Gasteiger partial charge in [0.25, 0.3) is 0 Å². The second-order valence-electron chi connectivity index (χ2n) is 6.17. The highest BCUT2D eigenvalue weighted by Crippen LogP contribution is 2.29. The van der Waals surface area contributed by atoms with Crippen LogP contribution < -0.4 is 0 Å². The largest absolute Gasteiger partial charge is 0.385 e. The van der Waals surface area contributed by atoms with E-state index in [1.54, 1.807) is 7.11 Å². The molecule has 1 aliphatic carbocycles. The molecule has 0 N–H and O–H groups in total. The van der Waals surface area contributed by atoms with Gasteiger partial charge in [0.15, 0.2) is 0 Å². The molecular formula is C20H32N2O2. The molecule has 4 heteroatoms. The van der Waals surface area contributed by atoms with Crippen molar-refractivity contribution >= 4 is 5.71 Å². The normalized spacial score (nSPS) is 17.4. The molecule has 0 aliphatic heterocycles. The van der Waals surface area contributed by atoms with Gasteiger partial charge in [0, 0.05) is 39.2 Å². The molecule has 0 saturated carbocycles. The van der Waals surface area contributed by atoms with Crippen LogP contribution >= 0.6 is 0 Å². The van der Waals surface area contributed by atoms with Gasteiger partial charge in [-0.05, 0) is 63.5 Å². The van der Waals surface area contributed by atoms with Crippen LogP contribution in [-0.4, -0.2) is 39.2 Å². The fraction of sp³-hybridized carbons (Fsp3) is 0.700. The van der Waals surface area contributed by atoms with E-state index in [2.05, 4.69) is 23.7 Å². The molecule has 24 heavy (non-hydrogen) atoms. The van der Waals surface area contributed by atoms with E-state index < -0.39 is 0 Å². The number of aliphatic imine (C=N–C) groups is 1. The summed E-state index contributed by atoms with van der Waals surface area (Å²) in [4.78, 5) is 4.65. The van der Waals surface area contributed by atoms with Crippen LogP contribution in [0.3, 0.4) is 0 Å². The third-order valence-electron chi connectivity index (χ3n) is 4.22. The van der Waals surface area contributed by atoms with Crippen molar-refractivity contribution in [3.05, 3.63) is 23.8 Å². The number of unbranched alkanes of at least 4 members (excludes halogenated alkanes) is 1. The molecule has 0 amide bonds. The summed E-state index contributed by atoms with van der Waals surface area (Å²) in [6.07, 6.45) is 9.09. The quantitative estimate of drug-likeness (QED) is 0.391. The zero-order valence-electron chi connectivity index (χ0n) is 15.4. The molecule has 0 bridgehead atoms. The Labute approximate surface area is 147 Å². The van der Waals surface area contributed by atoms with Crippen LogP contribution in [0.25, 0.3) is 0 Å². The molecule has 1 rings (SSSR count). The molecule has 0 radical (unpaired) electrons. The van der Waals surface area contributed by atoms with Crippen LogP contribution in [0.2, 0.25) is 0 Å². The van der Waals surface area contributed by atoms with Gasteiger partial charge in [0.1, 0.15) is 0 Å². The molecule has 1 atom stereocenters. The predicted molar refractivity (Wildman–Crippen MR) is 99.3 cm³/mol. The minimum absolute atomic E-state index is 0.165. The lowest BCUT2D eigenvalue weighted by atomic mass is 9.83. The summed E-state index contributed by atoms with van der Waals surface area (Å²) in [6.45, 7) is 9.27. The van der Waals surface area contributed by atoms with Crippen molar-refractivity contribution in [1.29, 1.82) is 5.26 Å². The van der Waals surface area contributed by atoms with Crippen molar-refractivity contribution in [3.63, 3.8) is 0 Å². The Morgan fingerprint density at radius 3 is 2.88 bits per heavy atom. The number of hydrogen-bond acceptors (Lipinski definition) is 4. The summed E-state index contributed by atoms with van der Waals surface area (Å²) in [6, 6.07) is 2.45. The summed E-state index contributed by atoms with van der Waals surface area (Å²) >= 11 is 0. The standard InChI is InChI=1S/C20H32N2O2/c1-4-24-14-6-5-9-17(2)20(16-21)18-10-7-11-19(15-18)22-12-8-13-23-3/h15,20H,2,4-14H2,1,3H3. The molecule has 1 unspecified atom stereocenters. The van der Waals surface area contributed by atoms with Crippen LogP contribution in [0.4, 0.5) is 0 Å². The van der Waals surface area contributed by atoms with Gasteiger partial charge in [-0.25, -0.2) is 0 Å². The molecule has 0 heterocycles. The zero-order valence-corrected chi connectivity index (χ0v) is 15.4. The van der Waals surface area contributed by atoms with Crippen molar-refractivity contribution in [2.24, 2.45) is 10.9 Å². The van der Waals surface area contributed by atoms with Crippen LogP contribution in [0, 0.1) is 17.2 Å². The number of hydrogen-bond donors (Lipinski definition) is 0. The number of allylic oxidation sites excluding steroid dienone is 3. The Morgan fingerprint density at radius 2 is 2.17 bits per heavy atom. The van der Waals surface area contributed by atoms with Crippen LogP contribution in [0.15, 0.2) is 28.8 Å². The van der Waals surface area contributed by atoms with E-state index in [9.17, 15) is 5.26 Å². The highest BCUT2D eigenvalue weighted by Gasteiger charge is 2.20. The number of nitrogens with zero attached hydrogens (tertiary/aromatic N) is 2. The van der Waals surface area contributed by atoms with Gasteiger partial charge in [-0.2, -0.15) is 5.26 Å². The SMILES string of the molecule is C=C(CCCCOCC)C(C#N)C1=CC(=NCCCOC)CCC1. The van der Waals surface area contributed by atoms with E-state index in [-0.39, 0.29) is 5.92 Å². The first-order valence-electron chi connectivity index (χ1n) is 9.10. The molecule has 4 nitrogen and oxygen atoms in total. The number of methoxy groups -OCH3 is 1. The molecule has 0 fully saturated rings. The van der Waals surface area contributed by atoms with E-state index in [1.165, 1.54) is 5.57 Å². The Kier molecular flexibility index (Phi) is 11.1. The molecule has 0 spiro atoms. The van der Waals surface area contributed by atoms with Gasteiger partial charge in [-0.15, -0.1) is 0 Å². The second-order valence-corrected chi connectivity index (χ2v) is 6.17. The lowest BCUT2D eigenvalue weighted by Crippen LogP contribution is -2.12. The van der Waals surface area contributed by atoms with E-state index in [0.29, 0.717) is 0 Å². The Morgan fingerprint density at radius 1 is 1.33 bits per heavy atom. The Bertz CT molecular complexity index is 475. The maximum absolute atomic E-state index is 9.59.